The number of aryl methyl sites for hydroxylation is 4. The van der Waals surface area contributed by atoms with E-state index in [0.29, 0.717) is 5.92 Å². The van der Waals surface area contributed by atoms with Crippen molar-refractivity contribution >= 4 is 0 Å². The topological polar surface area (TPSA) is 0 Å². The molecule has 0 spiro atoms. The molecule has 0 bridgehead atoms. The van der Waals surface area contributed by atoms with Gasteiger partial charge in [-0.3, -0.25) is 0 Å². The molecule has 0 heteroatoms. The molecule has 2 aromatic rings. The van der Waals surface area contributed by atoms with Crippen LogP contribution in [-0.2, 0) is 6.42 Å². The SMILES string of the molecule is Cc1cc(C)cc(C(C)C)c1.Cc1cc(C)cc(CC(C)C)c1. The van der Waals surface area contributed by atoms with Crippen LogP contribution in [0.3, 0.4) is 0 Å². The highest BCUT2D eigenvalue weighted by molar-refractivity contribution is 5.30. The Hall–Kier alpha value is -1.56. The quantitative estimate of drug-likeness (QED) is 0.576. The van der Waals surface area contributed by atoms with Crippen LogP contribution in [0.5, 0.6) is 0 Å². The van der Waals surface area contributed by atoms with Gasteiger partial charge in [-0.05, 0) is 57.1 Å². The highest BCUT2D eigenvalue weighted by Crippen LogP contribution is 2.17. The van der Waals surface area contributed by atoms with Gasteiger partial charge in [0.15, 0.2) is 0 Å². The van der Waals surface area contributed by atoms with Crippen molar-refractivity contribution in [1.82, 2.24) is 0 Å². The van der Waals surface area contributed by atoms with Gasteiger partial charge in [0.2, 0.25) is 0 Å². The average molecular weight is 311 g/mol. The largest absolute Gasteiger partial charge is 0.0625 e. The summed E-state index contributed by atoms with van der Waals surface area (Å²) in [6, 6.07) is 13.5. The van der Waals surface area contributed by atoms with Crippen LogP contribution in [0.1, 0.15) is 67.0 Å². The maximum Gasteiger partial charge on any atom is -0.0219 e. The van der Waals surface area contributed by atoms with Crippen molar-refractivity contribution < 1.29 is 0 Å². The zero-order valence-corrected chi connectivity index (χ0v) is 16.3. The van der Waals surface area contributed by atoms with Gasteiger partial charge in [0.1, 0.15) is 0 Å². The fourth-order valence-electron chi connectivity index (χ4n) is 3.00. The van der Waals surface area contributed by atoms with Crippen molar-refractivity contribution in [2.45, 2.75) is 67.7 Å². The average Bonchev–Trinajstić information content (AvgIpc) is 2.35. The third kappa shape index (κ3) is 7.50. The summed E-state index contributed by atoms with van der Waals surface area (Å²) in [6.45, 7) is 17.6. The van der Waals surface area contributed by atoms with Crippen LogP contribution in [0.15, 0.2) is 36.4 Å². The van der Waals surface area contributed by atoms with Gasteiger partial charge in [0.25, 0.3) is 0 Å². The van der Waals surface area contributed by atoms with E-state index in [0.717, 1.165) is 5.92 Å². The van der Waals surface area contributed by atoms with Crippen LogP contribution in [0.4, 0.5) is 0 Å². The Bertz CT molecular complexity index is 577. The van der Waals surface area contributed by atoms with E-state index in [2.05, 4.69) is 91.8 Å². The molecule has 0 heterocycles. The van der Waals surface area contributed by atoms with Gasteiger partial charge in [-0.2, -0.15) is 0 Å². The Morgan fingerprint density at radius 2 is 1.00 bits per heavy atom. The third-order valence-corrected chi connectivity index (χ3v) is 3.84. The first-order chi connectivity index (χ1) is 10.7. The first-order valence-corrected chi connectivity index (χ1v) is 8.82. The number of hydrogen-bond acceptors (Lipinski definition) is 0. The van der Waals surface area contributed by atoms with E-state index in [9.17, 15) is 0 Å². The number of hydrogen-bond donors (Lipinski definition) is 0. The van der Waals surface area contributed by atoms with Gasteiger partial charge in [0.05, 0.1) is 0 Å². The molecular weight excluding hydrogens is 276 g/mol. The fourth-order valence-corrected chi connectivity index (χ4v) is 3.00. The zero-order chi connectivity index (χ0) is 17.6. The minimum Gasteiger partial charge on any atom is -0.0625 e. The molecule has 0 aliphatic rings. The summed E-state index contributed by atoms with van der Waals surface area (Å²) in [7, 11) is 0. The van der Waals surface area contributed by atoms with Crippen molar-refractivity contribution in [2.75, 3.05) is 0 Å². The minimum absolute atomic E-state index is 0.647. The molecule has 2 aromatic carbocycles. The summed E-state index contributed by atoms with van der Waals surface area (Å²) in [5.74, 6) is 1.40. The van der Waals surface area contributed by atoms with Crippen molar-refractivity contribution in [3.05, 3.63) is 69.8 Å². The molecule has 0 N–H and O–H groups in total. The second-order valence-electron chi connectivity index (χ2n) is 7.67. The maximum absolute atomic E-state index is 2.28. The van der Waals surface area contributed by atoms with E-state index in [1.54, 1.807) is 0 Å². The van der Waals surface area contributed by atoms with Crippen LogP contribution in [0, 0.1) is 33.6 Å². The van der Waals surface area contributed by atoms with Gasteiger partial charge in [0, 0.05) is 0 Å². The Morgan fingerprint density at radius 1 is 0.609 bits per heavy atom. The Morgan fingerprint density at radius 3 is 1.35 bits per heavy atom. The van der Waals surface area contributed by atoms with Crippen LogP contribution >= 0.6 is 0 Å². The summed E-state index contributed by atoms with van der Waals surface area (Å²) in [4.78, 5) is 0. The molecule has 0 atom stereocenters. The Labute approximate surface area is 144 Å². The summed E-state index contributed by atoms with van der Waals surface area (Å²) in [5.41, 5.74) is 8.42. The lowest BCUT2D eigenvalue weighted by Crippen LogP contribution is -1.94. The summed E-state index contributed by atoms with van der Waals surface area (Å²) in [6.07, 6.45) is 1.20. The molecule has 0 aliphatic heterocycles. The van der Waals surface area contributed by atoms with Crippen LogP contribution in [-0.4, -0.2) is 0 Å². The van der Waals surface area contributed by atoms with Gasteiger partial charge in [-0.25, -0.2) is 0 Å². The molecule has 0 unspecified atom stereocenters. The molecule has 0 saturated heterocycles. The molecule has 0 amide bonds. The summed E-state index contributed by atoms with van der Waals surface area (Å²) < 4.78 is 0. The standard InChI is InChI=1S/C12H18.C11H16/c1-9(2)5-12-7-10(3)6-11(4)8-12;1-8(2)11-6-9(3)5-10(4)7-11/h6-9H,5H2,1-4H3;5-8H,1-4H3. The van der Waals surface area contributed by atoms with E-state index < -0.39 is 0 Å². The smallest absolute Gasteiger partial charge is 0.0219 e. The fraction of sp³-hybridized carbons (Fsp3) is 0.478. The van der Waals surface area contributed by atoms with Crippen LogP contribution in [0.2, 0.25) is 0 Å². The monoisotopic (exact) mass is 310 g/mol. The summed E-state index contributed by atoms with van der Waals surface area (Å²) in [5, 5.41) is 0. The summed E-state index contributed by atoms with van der Waals surface area (Å²) >= 11 is 0. The molecule has 126 valence electrons. The number of rotatable bonds is 3. The third-order valence-electron chi connectivity index (χ3n) is 3.84. The molecular formula is C23H34. The maximum atomic E-state index is 2.28. The second kappa shape index (κ2) is 8.91. The van der Waals surface area contributed by atoms with Crippen LogP contribution < -0.4 is 0 Å². The molecule has 0 saturated carbocycles. The van der Waals surface area contributed by atoms with Crippen molar-refractivity contribution in [3.63, 3.8) is 0 Å². The van der Waals surface area contributed by atoms with Crippen molar-refractivity contribution in [3.8, 4) is 0 Å². The van der Waals surface area contributed by atoms with Gasteiger partial charge in [-0.1, -0.05) is 86.3 Å². The van der Waals surface area contributed by atoms with Crippen LogP contribution in [0.25, 0.3) is 0 Å². The zero-order valence-electron chi connectivity index (χ0n) is 16.3. The van der Waals surface area contributed by atoms with Crippen molar-refractivity contribution in [1.29, 1.82) is 0 Å². The predicted octanol–water partition coefficient (Wildman–Crippen LogP) is 6.93. The Balaban J connectivity index is 0.000000231. The van der Waals surface area contributed by atoms with Gasteiger partial charge < -0.3 is 0 Å². The lowest BCUT2D eigenvalue weighted by molar-refractivity contribution is 0.646. The lowest BCUT2D eigenvalue weighted by Gasteiger charge is -2.07. The lowest BCUT2D eigenvalue weighted by atomic mass is 9.99. The highest BCUT2D eigenvalue weighted by atomic mass is 14.1. The van der Waals surface area contributed by atoms with Gasteiger partial charge in [-0.15, -0.1) is 0 Å². The van der Waals surface area contributed by atoms with Crippen molar-refractivity contribution in [2.24, 2.45) is 5.92 Å². The van der Waals surface area contributed by atoms with E-state index in [1.165, 1.54) is 39.8 Å². The van der Waals surface area contributed by atoms with E-state index in [4.69, 9.17) is 0 Å². The predicted molar refractivity (Wildman–Crippen MR) is 104 cm³/mol. The second-order valence-corrected chi connectivity index (χ2v) is 7.67. The van der Waals surface area contributed by atoms with E-state index >= 15 is 0 Å². The molecule has 0 aromatic heterocycles. The molecule has 0 aliphatic carbocycles. The first kappa shape index (κ1) is 19.5. The molecule has 0 fully saturated rings. The van der Waals surface area contributed by atoms with Gasteiger partial charge >= 0.3 is 0 Å². The number of benzene rings is 2. The minimum atomic E-state index is 0.647. The first-order valence-electron chi connectivity index (χ1n) is 8.82. The van der Waals surface area contributed by atoms with E-state index in [-0.39, 0.29) is 0 Å². The molecule has 0 nitrogen and oxygen atoms in total. The molecule has 2 rings (SSSR count). The molecule has 0 radical (unpaired) electrons. The normalized spacial score (nSPS) is 10.7. The Kier molecular flexibility index (Phi) is 7.55. The van der Waals surface area contributed by atoms with E-state index in [1.807, 2.05) is 0 Å². The highest BCUT2D eigenvalue weighted by Gasteiger charge is 1.99. The molecule has 23 heavy (non-hydrogen) atoms.